The van der Waals surface area contributed by atoms with Gasteiger partial charge in [0, 0.05) is 38.1 Å². The summed E-state index contributed by atoms with van der Waals surface area (Å²) in [7, 11) is 0. The molecule has 1 saturated heterocycles. The number of hydrogen-bond donors (Lipinski definition) is 0. The number of hydrogen-bond acceptors (Lipinski definition) is 3. The van der Waals surface area contributed by atoms with E-state index in [-0.39, 0.29) is 5.91 Å². The van der Waals surface area contributed by atoms with Gasteiger partial charge in [0.1, 0.15) is 11.3 Å². The number of furan rings is 1. The minimum atomic E-state index is 0.0699. The zero-order chi connectivity index (χ0) is 18.1. The fourth-order valence-electron chi connectivity index (χ4n) is 3.67. The quantitative estimate of drug-likeness (QED) is 0.718. The van der Waals surface area contributed by atoms with Crippen molar-refractivity contribution in [2.24, 2.45) is 0 Å². The van der Waals surface area contributed by atoms with Crippen LogP contribution >= 0.6 is 0 Å². The van der Waals surface area contributed by atoms with E-state index in [0.717, 1.165) is 43.9 Å². The Morgan fingerprint density at radius 3 is 2.54 bits per heavy atom. The smallest absolute Gasteiger partial charge is 0.257 e. The molecule has 0 saturated carbocycles. The Bertz CT molecular complexity index is 936. The average molecular weight is 348 g/mol. The minimum Gasteiger partial charge on any atom is -0.461 e. The number of fused-ring (bicyclic) bond motifs is 1. The fourth-order valence-corrected chi connectivity index (χ4v) is 3.67. The molecule has 0 N–H and O–H groups in total. The van der Waals surface area contributed by atoms with Gasteiger partial charge in [-0.25, -0.2) is 0 Å². The second-order valence-corrected chi connectivity index (χ2v) is 7.08. The van der Waals surface area contributed by atoms with Gasteiger partial charge < -0.3 is 9.32 Å². The van der Waals surface area contributed by atoms with E-state index >= 15 is 0 Å². The predicted octanol–water partition coefficient (Wildman–Crippen LogP) is 4.01. The predicted molar refractivity (Wildman–Crippen MR) is 103 cm³/mol. The van der Waals surface area contributed by atoms with Gasteiger partial charge in [-0.3, -0.25) is 9.69 Å². The molecule has 4 rings (SSSR count). The molecule has 0 bridgehead atoms. The van der Waals surface area contributed by atoms with Crippen LogP contribution in [0.5, 0.6) is 0 Å². The summed E-state index contributed by atoms with van der Waals surface area (Å²) in [6.45, 7) is 8.31. The minimum absolute atomic E-state index is 0.0699. The number of nitrogens with zero attached hydrogens (tertiary/aromatic N) is 2. The van der Waals surface area contributed by atoms with Crippen LogP contribution in [-0.2, 0) is 6.54 Å². The first-order chi connectivity index (χ1) is 12.6. The highest BCUT2D eigenvalue weighted by molar-refractivity contribution is 6.05. The van der Waals surface area contributed by atoms with Gasteiger partial charge >= 0.3 is 0 Å². The molecule has 1 aromatic heterocycles. The number of carbonyl (C=O) groups excluding carboxylic acids is 1. The van der Waals surface area contributed by atoms with Gasteiger partial charge in [-0.1, -0.05) is 36.4 Å². The first kappa shape index (κ1) is 16.9. The normalized spacial score (nSPS) is 15.5. The highest BCUT2D eigenvalue weighted by Gasteiger charge is 2.24. The third-order valence-corrected chi connectivity index (χ3v) is 5.21. The second-order valence-electron chi connectivity index (χ2n) is 7.08. The summed E-state index contributed by atoms with van der Waals surface area (Å²) in [6.07, 6.45) is 0. The third kappa shape index (κ3) is 3.25. The van der Waals surface area contributed by atoms with Crippen LogP contribution in [0.25, 0.3) is 11.0 Å². The molecule has 2 heterocycles. The Morgan fingerprint density at radius 1 is 1.00 bits per heavy atom. The first-order valence-corrected chi connectivity index (χ1v) is 9.17. The summed E-state index contributed by atoms with van der Waals surface area (Å²) in [6, 6.07) is 16.3. The van der Waals surface area contributed by atoms with E-state index in [2.05, 4.69) is 36.1 Å². The summed E-state index contributed by atoms with van der Waals surface area (Å²) in [5.41, 5.74) is 4.06. The lowest BCUT2D eigenvalue weighted by Gasteiger charge is -2.35. The lowest BCUT2D eigenvalue weighted by atomic mass is 10.1. The van der Waals surface area contributed by atoms with Crippen LogP contribution in [0.2, 0.25) is 0 Å². The summed E-state index contributed by atoms with van der Waals surface area (Å²) < 4.78 is 5.77. The van der Waals surface area contributed by atoms with Crippen LogP contribution in [-0.4, -0.2) is 41.9 Å². The van der Waals surface area contributed by atoms with Crippen molar-refractivity contribution >= 4 is 16.9 Å². The standard InChI is InChI=1S/C22H24N2O2/c1-16-6-3-4-7-19(16)15-23-10-12-24(13-11-23)22(25)20-9-5-8-18-14-17(2)26-21(18)20/h3-9,14H,10-13,15H2,1-2H3. The Labute approximate surface area is 154 Å². The average Bonchev–Trinajstić information content (AvgIpc) is 3.04. The summed E-state index contributed by atoms with van der Waals surface area (Å²) >= 11 is 0. The van der Waals surface area contributed by atoms with Crippen LogP contribution < -0.4 is 0 Å². The van der Waals surface area contributed by atoms with Crippen molar-refractivity contribution in [3.05, 3.63) is 71.0 Å². The van der Waals surface area contributed by atoms with Gasteiger partial charge in [-0.05, 0) is 37.1 Å². The SMILES string of the molecule is Cc1cc2cccc(C(=O)N3CCN(Cc4ccccc4C)CC3)c2o1. The Balaban J connectivity index is 1.44. The molecule has 0 radical (unpaired) electrons. The van der Waals surface area contributed by atoms with Crippen LogP contribution in [0.1, 0.15) is 27.2 Å². The van der Waals surface area contributed by atoms with E-state index in [9.17, 15) is 4.79 Å². The van der Waals surface area contributed by atoms with Gasteiger partial charge in [-0.2, -0.15) is 0 Å². The van der Waals surface area contributed by atoms with Gasteiger partial charge in [0.2, 0.25) is 0 Å². The van der Waals surface area contributed by atoms with E-state index in [1.807, 2.05) is 36.1 Å². The van der Waals surface area contributed by atoms with Crippen LogP contribution in [0, 0.1) is 13.8 Å². The zero-order valence-corrected chi connectivity index (χ0v) is 15.4. The summed E-state index contributed by atoms with van der Waals surface area (Å²) in [4.78, 5) is 17.4. The molecule has 26 heavy (non-hydrogen) atoms. The fraction of sp³-hybridized carbons (Fsp3) is 0.318. The van der Waals surface area contributed by atoms with E-state index in [1.165, 1.54) is 11.1 Å². The summed E-state index contributed by atoms with van der Waals surface area (Å²) in [5, 5.41) is 0.992. The molecule has 1 fully saturated rings. The zero-order valence-electron chi connectivity index (χ0n) is 15.4. The van der Waals surface area contributed by atoms with Crippen molar-refractivity contribution in [3.8, 4) is 0 Å². The maximum Gasteiger partial charge on any atom is 0.257 e. The lowest BCUT2D eigenvalue weighted by Crippen LogP contribution is -2.48. The molecule has 0 spiro atoms. The molecule has 0 aliphatic carbocycles. The van der Waals surface area contributed by atoms with Gasteiger partial charge in [0.15, 0.2) is 0 Å². The first-order valence-electron chi connectivity index (χ1n) is 9.17. The maximum absolute atomic E-state index is 13.0. The van der Waals surface area contributed by atoms with E-state index in [1.54, 1.807) is 0 Å². The molecule has 1 aliphatic heterocycles. The Kier molecular flexibility index (Phi) is 4.51. The number of benzene rings is 2. The Hall–Kier alpha value is -2.59. The van der Waals surface area contributed by atoms with Crippen LogP contribution in [0.4, 0.5) is 0 Å². The largest absolute Gasteiger partial charge is 0.461 e. The van der Waals surface area contributed by atoms with Crippen LogP contribution in [0.15, 0.2) is 52.9 Å². The molecule has 1 aliphatic rings. The lowest BCUT2D eigenvalue weighted by molar-refractivity contribution is 0.0629. The molecular weight excluding hydrogens is 324 g/mol. The number of amides is 1. The maximum atomic E-state index is 13.0. The third-order valence-electron chi connectivity index (χ3n) is 5.21. The van der Waals surface area contributed by atoms with E-state index in [4.69, 9.17) is 4.42 Å². The number of rotatable bonds is 3. The highest BCUT2D eigenvalue weighted by atomic mass is 16.3. The van der Waals surface area contributed by atoms with Crippen molar-refractivity contribution in [1.82, 2.24) is 9.80 Å². The number of para-hydroxylation sites is 1. The van der Waals surface area contributed by atoms with Crippen molar-refractivity contribution < 1.29 is 9.21 Å². The Morgan fingerprint density at radius 2 is 1.77 bits per heavy atom. The van der Waals surface area contributed by atoms with Crippen LogP contribution in [0.3, 0.4) is 0 Å². The van der Waals surface area contributed by atoms with Gasteiger partial charge in [-0.15, -0.1) is 0 Å². The molecule has 4 nitrogen and oxygen atoms in total. The van der Waals surface area contributed by atoms with E-state index < -0.39 is 0 Å². The van der Waals surface area contributed by atoms with Crippen molar-refractivity contribution in [2.75, 3.05) is 26.2 Å². The molecule has 0 atom stereocenters. The monoisotopic (exact) mass is 348 g/mol. The molecular formula is C22H24N2O2. The van der Waals surface area contributed by atoms with Crippen molar-refractivity contribution in [3.63, 3.8) is 0 Å². The van der Waals surface area contributed by atoms with Gasteiger partial charge in [0.25, 0.3) is 5.91 Å². The summed E-state index contributed by atoms with van der Waals surface area (Å²) in [5.74, 6) is 0.906. The molecule has 0 unspecified atom stereocenters. The number of carbonyl (C=O) groups is 1. The van der Waals surface area contributed by atoms with Crippen molar-refractivity contribution in [1.29, 1.82) is 0 Å². The van der Waals surface area contributed by atoms with Gasteiger partial charge in [0.05, 0.1) is 5.56 Å². The molecule has 134 valence electrons. The molecule has 4 heteroatoms. The topological polar surface area (TPSA) is 36.7 Å². The number of piperazine rings is 1. The molecule has 2 aromatic carbocycles. The molecule has 3 aromatic rings. The highest BCUT2D eigenvalue weighted by Crippen LogP contribution is 2.24. The molecule has 1 amide bonds. The van der Waals surface area contributed by atoms with Crippen molar-refractivity contribution in [2.45, 2.75) is 20.4 Å². The van der Waals surface area contributed by atoms with E-state index in [0.29, 0.717) is 11.1 Å². The number of aryl methyl sites for hydroxylation is 2. The second kappa shape index (κ2) is 6.96.